The summed E-state index contributed by atoms with van der Waals surface area (Å²) >= 11 is 5.75. The van der Waals surface area contributed by atoms with Gasteiger partial charge in [-0.25, -0.2) is 4.98 Å². The van der Waals surface area contributed by atoms with E-state index in [-0.39, 0.29) is 5.41 Å². The molecule has 0 amide bonds. The molecule has 1 aromatic carbocycles. The molecule has 1 aromatic heterocycles. The lowest BCUT2D eigenvalue weighted by Crippen LogP contribution is -2.38. The Labute approximate surface area is 153 Å². The number of benzene rings is 1. The van der Waals surface area contributed by atoms with Crippen LogP contribution in [-0.4, -0.2) is 18.1 Å². The van der Waals surface area contributed by atoms with Crippen molar-refractivity contribution < 1.29 is 4.74 Å². The minimum Gasteiger partial charge on any atom is -0.489 e. The molecule has 116 valence electrons. The zero-order valence-electron chi connectivity index (χ0n) is 12.6. The molecule has 22 heavy (non-hydrogen) atoms. The molecule has 2 aromatic rings. The van der Waals surface area contributed by atoms with Crippen LogP contribution >= 0.6 is 38.5 Å². The van der Waals surface area contributed by atoms with Crippen LogP contribution in [0.5, 0.6) is 5.75 Å². The van der Waals surface area contributed by atoms with E-state index >= 15 is 0 Å². The van der Waals surface area contributed by atoms with Crippen LogP contribution in [0.2, 0.25) is 0 Å². The van der Waals surface area contributed by atoms with Gasteiger partial charge in [0.05, 0.1) is 6.61 Å². The molecular formula is C17H18BrIN2O. The Kier molecular flexibility index (Phi) is 4.75. The summed E-state index contributed by atoms with van der Waals surface area (Å²) < 4.78 is 7.67. The zero-order chi connectivity index (χ0) is 15.7. The van der Waals surface area contributed by atoms with Gasteiger partial charge in [0, 0.05) is 23.6 Å². The van der Waals surface area contributed by atoms with Crippen LogP contribution in [0.4, 0.5) is 0 Å². The monoisotopic (exact) mass is 472 g/mol. The fraction of sp³-hybridized carbons (Fsp3) is 0.353. The predicted octanol–water partition coefficient (Wildman–Crippen LogP) is 4.45. The van der Waals surface area contributed by atoms with E-state index in [1.54, 1.807) is 0 Å². The van der Waals surface area contributed by atoms with Gasteiger partial charge >= 0.3 is 0 Å². The lowest BCUT2D eigenvalue weighted by Gasteiger charge is -2.26. The summed E-state index contributed by atoms with van der Waals surface area (Å²) in [4.78, 5) is 4.41. The number of nitrogens with one attached hydrogen (secondary N) is 1. The van der Waals surface area contributed by atoms with Crippen molar-refractivity contribution >= 4 is 38.5 Å². The van der Waals surface area contributed by atoms with Crippen molar-refractivity contribution in [1.82, 2.24) is 10.3 Å². The molecular weight excluding hydrogens is 455 g/mol. The van der Waals surface area contributed by atoms with Crippen molar-refractivity contribution in [2.75, 3.05) is 13.2 Å². The summed E-state index contributed by atoms with van der Waals surface area (Å²) in [5.41, 5.74) is 2.49. The first-order valence-electron chi connectivity index (χ1n) is 7.27. The second kappa shape index (κ2) is 6.45. The third-order valence-corrected chi connectivity index (χ3v) is 5.27. The summed E-state index contributed by atoms with van der Waals surface area (Å²) in [5.74, 6) is 0.886. The van der Waals surface area contributed by atoms with E-state index in [0.29, 0.717) is 12.6 Å². The molecule has 0 unspecified atom stereocenters. The molecule has 0 fully saturated rings. The smallest absolute Gasteiger partial charge is 0.156 e. The van der Waals surface area contributed by atoms with Gasteiger partial charge in [-0.2, -0.15) is 0 Å². The number of hydrogen-bond acceptors (Lipinski definition) is 3. The fourth-order valence-electron chi connectivity index (χ4n) is 2.75. The molecule has 1 aliphatic rings. The lowest BCUT2D eigenvalue weighted by atomic mass is 9.85. The van der Waals surface area contributed by atoms with Gasteiger partial charge in [0.2, 0.25) is 0 Å². The molecule has 2 heterocycles. The quantitative estimate of drug-likeness (QED) is 0.527. The molecule has 3 rings (SSSR count). The van der Waals surface area contributed by atoms with Crippen LogP contribution in [-0.2, 0) is 5.41 Å². The highest BCUT2D eigenvalue weighted by Gasteiger charge is 2.38. The van der Waals surface area contributed by atoms with Gasteiger partial charge in [-0.15, -0.1) is 0 Å². The maximum atomic E-state index is 5.89. The number of rotatable bonds is 4. The number of aromatic nitrogens is 1. The number of ether oxygens (including phenoxy) is 1. The van der Waals surface area contributed by atoms with E-state index in [0.717, 1.165) is 20.6 Å². The van der Waals surface area contributed by atoms with E-state index in [1.165, 1.54) is 11.1 Å². The fourth-order valence-corrected chi connectivity index (χ4v) is 4.15. The third kappa shape index (κ3) is 3.16. The maximum Gasteiger partial charge on any atom is 0.156 e. The minimum atomic E-state index is -0.0379. The molecule has 0 aliphatic carbocycles. The van der Waals surface area contributed by atoms with Crippen LogP contribution in [0.25, 0.3) is 0 Å². The molecule has 0 saturated carbocycles. The van der Waals surface area contributed by atoms with Crippen LogP contribution in [0, 0.1) is 3.70 Å². The summed E-state index contributed by atoms with van der Waals surface area (Å²) in [6.45, 7) is 5.98. The number of nitrogens with zero attached hydrogens (tertiary/aromatic N) is 1. The average Bonchev–Trinajstić information content (AvgIpc) is 2.84. The molecule has 0 saturated heterocycles. The molecule has 1 N–H and O–H groups in total. The van der Waals surface area contributed by atoms with Crippen molar-refractivity contribution in [3.63, 3.8) is 0 Å². The molecule has 1 aliphatic heterocycles. The second-order valence-corrected chi connectivity index (χ2v) is 7.83. The third-order valence-electron chi connectivity index (χ3n) is 4.18. The number of fused-ring (bicyclic) bond motifs is 1. The first kappa shape index (κ1) is 16.2. The highest BCUT2D eigenvalue weighted by atomic mass is 127. The normalized spacial score (nSPS) is 21.3. The number of halogens is 2. The SMILES string of the molecule is C[C@H](NC[C@]1(C)COc2c1cc(I)nc2Br)c1ccccc1. The van der Waals surface area contributed by atoms with Gasteiger partial charge in [-0.05, 0) is 57.1 Å². The Bertz CT molecular complexity index is 680. The Balaban J connectivity index is 1.77. The minimum absolute atomic E-state index is 0.0379. The predicted molar refractivity (Wildman–Crippen MR) is 100 cm³/mol. The van der Waals surface area contributed by atoms with Gasteiger partial charge in [-0.1, -0.05) is 37.3 Å². The summed E-state index contributed by atoms with van der Waals surface area (Å²) in [7, 11) is 0. The second-order valence-electron chi connectivity index (χ2n) is 5.98. The van der Waals surface area contributed by atoms with E-state index in [2.05, 4.69) is 93.0 Å². The number of hydrogen-bond donors (Lipinski definition) is 1. The standard InChI is InChI=1S/C17H18BrIN2O/c1-11(12-6-4-3-5-7-12)20-9-17(2)10-22-15-13(17)8-14(19)21-16(15)18/h3-8,11,20H,9-10H2,1-2H3/t11-,17+/m0/s1. The van der Waals surface area contributed by atoms with E-state index in [4.69, 9.17) is 4.74 Å². The summed E-state index contributed by atoms with van der Waals surface area (Å²) in [6.07, 6.45) is 0. The molecule has 3 nitrogen and oxygen atoms in total. The van der Waals surface area contributed by atoms with Crippen LogP contribution in [0.3, 0.4) is 0 Å². The van der Waals surface area contributed by atoms with Gasteiger partial charge < -0.3 is 10.1 Å². The molecule has 5 heteroatoms. The molecule has 0 spiro atoms. The first-order valence-corrected chi connectivity index (χ1v) is 9.14. The van der Waals surface area contributed by atoms with Crippen LogP contribution in [0.1, 0.15) is 31.0 Å². The molecule has 0 radical (unpaired) electrons. The van der Waals surface area contributed by atoms with Gasteiger partial charge in [0.1, 0.15) is 8.30 Å². The van der Waals surface area contributed by atoms with E-state index in [1.807, 2.05) is 6.07 Å². The van der Waals surface area contributed by atoms with Crippen LogP contribution < -0.4 is 10.1 Å². The highest BCUT2D eigenvalue weighted by molar-refractivity contribution is 14.1. The van der Waals surface area contributed by atoms with Crippen molar-refractivity contribution in [1.29, 1.82) is 0 Å². The zero-order valence-corrected chi connectivity index (χ0v) is 16.3. The Morgan fingerprint density at radius 2 is 2.14 bits per heavy atom. The Morgan fingerprint density at radius 3 is 2.86 bits per heavy atom. The van der Waals surface area contributed by atoms with Crippen molar-refractivity contribution in [3.8, 4) is 5.75 Å². The Hall–Kier alpha value is -0.660. The molecule has 2 atom stereocenters. The molecule has 0 bridgehead atoms. The highest BCUT2D eigenvalue weighted by Crippen LogP contribution is 2.42. The lowest BCUT2D eigenvalue weighted by molar-refractivity contribution is 0.266. The Morgan fingerprint density at radius 1 is 1.41 bits per heavy atom. The number of pyridine rings is 1. The topological polar surface area (TPSA) is 34.1 Å². The maximum absolute atomic E-state index is 5.89. The van der Waals surface area contributed by atoms with E-state index in [9.17, 15) is 0 Å². The average molecular weight is 473 g/mol. The van der Waals surface area contributed by atoms with Crippen molar-refractivity contribution in [2.24, 2.45) is 0 Å². The first-order chi connectivity index (χ1) is 10.5. The van der Waals surface area contributed by atoms with Gasteiger partial charge in [0.25, 0.3) is 0 Å². The van der Waals surface area contributed by atoms with Gasteiger partial charge in [0.15, 0.2) is 5.75 Å². The summed E-state index contributed by atoms with van der Waals surface area (Å²) in [6, 6.07) is 13.0. The van der Waals surface area contributed by atoms with Crippen LogP contribution in [0.15, 0.2) is 41.0 Å². The van der Waals surface area contributed by atoms with Crippen molar-refractivity contribution in [3.05, 3.63) is 55.8 Å². The van der Waals surface area contributed by atoms with Gasteiger partial charge in [-0.3, -0.25) is 0 Å². The summed E-state index contributed by atoms with van der Waals surface area (Å²) in [5, 5.41) is 3.64. The largest absolute Gasteiger partial charge is 0.489 e. The van der Waals surface area contributed by atoms with E-state index < -0.39 is 0 Å². The van der Waals surface area contributed by atoms with Crippen molar-refractivity contribution in [2.45, 2.75) is 25.3 Å².